The smallest absolute Gasteiger partial charge is 0.228 e. The number of fused-ring (bicyclic) bond motifs is 7. The summed E-state index contributed by atoms with van der Waals surface area (Å²) < 4.78 is 6.63. The highest BCUT2D eigenvalue weighted by Crippen LogP contribution is 2.42. The van der Waals surface area contributed by atoms with Crippen molar-refractivity contribution in [2.24, 2.45) is 0 Å². The molecule has 0 atom stereocenters. The number of hydrogen-bond donors (Lipinski definition) is 0. The van der Waals surface area contributed by atoms with Gasteiger partial charge >= 0.3 is 0 Å². The van der Waals surface area contributed by atoms with E-state index in [0.717, 1.165) is 65.8 Å². The van der Waals surface area contributed by atoms with Crippen LogP contribution in [0.25, 0.3) is 99.8 Å². The van der Waals surface area contributed by atoms with Crippen LogP contribution in [-0.4, -0.2) is 19.9 Å². The molecule has 0 saturated carbocycles. The molecule has 0 spiro atoms. The summed E-state index contributed by atoms with van der Waals surface area (Å²) >= 11 is 0. The van der Waals surface area contributed by atoms with E-state index < -0.39 is 0 Å². The lowest BCUT2D eigenvalue weighted by Crippen LogP contribution is -2.01. The predicted molar refractivity (Wildman–Crippen MR) is 199 cm³/mol. The molecule has 0 aliphatic carbocycles. The Morgan fingerprint density at radius 3 is 1.61 bits per heavy atom. The van der Waals surface area contributed by atoms with E-state index in [1.54, 1.807) is 0 Å². The molecule has 0 amide bonds. The molecule has 10 aromatic rings. The van der Waals surface area contributed by atoms with Gasteiger partial charge in [-0.2, -0.15) is 0 Å². The maximum Gasteiger partial charge on any atom is 0.228 e. The zero-order valence-corrected chi connectivity index (χ0v) is 26.2. The molecule has 0 saturated heterocycles. The molecule has 10 rings (SSSR count). The molecule has 0 bridgehead atoms. The summed E-state index contributed by atoms with van der Waals surface area (Å²) in [6, 6.07) is 54.1. The minimum atomic E-state index is 0.540. The van der Waals surface area contributed by atoms with Gasteiger partial charge in [-0.15, -0.1) is 0 Å². The van der Waals surface area contributed by atoms with E-state index in [4.69, 9.17) is 24.4 Å². The Kier molecular flexibility index (Phi) is 6.11. The maximum atomic E-state index is 6.63. The van der Waals surface area contributed by atoms with E-state index in [-0.39, 0.29) is 0 Å². The molecule has 3 aromatic heterocycles. The van der Waals surface area contributed by atoms with Gasteiger partial charge in [0, 0.05) is 27.6 Å². The largest absolute Gasteiger partial charge is 0.438 e. The molecule has 7 aromatic carbocycles. The summed E-state index contributed by atoms with van der Waals surface area (Å²) in [4.78, 5) is 20.5. The van der Waals surface area contributed by atoms with Crippen molar-refractivity contribution in [3.63, 3.8) is 0 Å². The molecular formula is C44H26N4O. The van der Waals surface area contributed by atoms with E-state index in [9.17, 15) is 0 Å². The first-order valence-corrected chi connectivity index (χ1v) is 16.3. The SMILES string of the molecule is c1ccc(-c2nc(-c3ccccc3)nc(-c3cc(-c4cc5ccccc5c5ccccc45)nc4oc5cc6ccccc6cc5c34)n2)cc1. The molecule has 49 heavy (non-hydrogen) atoms. The molecule has 0 aliphatic rings. The van der Waals surface area contributed by atoms with Gasteiger partial charge in [0.2, 0.25) is 5.71 Å². The van der Waals surface area contributed by atoms with E-state index in [2.05, 4.69) is 91.0 Å². The van der Waals surface area contributed by atoms with Crippen molar-refractivity contribution >= 4 is 54.4 Å². The molecular weight excluding hydrogens is 601 g/mol. The molecule has 3 heterocycles. The molecule has 5 nitrogen and oxygen atoms in total. The highest BCUT2D eigenvalue weighted by atomic mass is 16.3. The van der Waals surface area contributed by atoms with Crippen molar-refractivity contribution < 1.29 is 4.42 Å². The lowest BCUT2D eigenvalue weighted by molar-refractivity contribution is 0.655. The Bertz CT molecular complexity index is 2820. The van der Waals surface area contributed by atoms with Gasteiger partial charge in [0.1, 0.15) is 5.58 Å². The minimum Gasteiger partial charge on any atom is -0.438 e. The molecule has 0 radical (unpaired) electrons. The third-order valence-corrected chi connectivity index (χ3v) is 9.29. The van der Waals surface area contributed by atoms with Crippen LogP contribution in [0.2, 0.25) is 0 Å². The standard InChI is InChI=1S/C44H26N4O/c1-3-13-27(14-4-1)41-46-42(28-15-5-2-6-16-28)48-43(47-41)37-26-38(35-24-31-19-9-10-20-32(31)33-21-11-12-22-34(33)35)45-44-40(37)36-23-29-17-7-8-18-30(29)25-39(36)49-44/h1-26H. The molecule has 0 N–H and O–H groups in total. The van der Waals surface area contributed by atoms with Crippen LogP contribution in [0, 0.1) is 0 Å². The number of hydrogen-bond acceptors (Lipinski definition) is 5. The summed E-state index contributed by atoms with van der Waals surface area (Å²) in [5.41, 5.74) is 5.78. The van der Waals surface area contributed by atoms with Gasteiger partial charge in [0.25, 0.3) is 0 Å². The third-order valence-electron chi connectivity index (χ3n) is 9.29. The Hall–Kier alpha value is -6.72. The van der Waals surface area contributed by atoms with Gasteiger partial charge in [0.05, 0.1) is 11.1 Å². The maximum absolute atomic E-state index is 6.63. The monoisotopic (exact) mass is 626 g/mol. The fourth-order valence-electron chi connectivity index (χ4n) is 6.97. The second kappa shape index (κ2) is 10.9. The van der Waals surface area contributed by atoms with E-state index in [0.29, 0.717) is 23.2 Å². The van der Waals surface area contributed by atoms with Crippen molar-refractivity contribution in [1.82, 2.24) is 19.9 Å². The Morgan fingerprint density at radius 2 is 0.918 bits per heavy atom. The van der Waals surface area contributed by atoms with Crippen LogP contribution in [0.15, 0.2) is 162 Å². The first-order valence-electron chi connectivity index (χ1n) is 16.3. The first kappa shape index (κ1) is 27.4. The van der Waals surface area contributed by atoms with Crippen LogP contribution in [0.1, 0.15) is 0 Å². The molecule has 0 unspecified atom stereocenters. The minimum absolute atomic E-state index is 0.540. The molecule has 0 aliphatic heterocycles. The predicted octanol–water partition coefficient (Wildman–Crippen LogP) is 11.3. The van der Waals surface area contributed by atoms with Crippen molar-refractivity contribution in [2.75, 3.05) is 0 Å². The van der Waals surface area contributed by atoms with E-state index in [1.165, 1.54) is 10.8 Å². The Balaban J connectivity index is 1.33. The van der Waals surface area contributed by atoms with Crippen LogP contribution >= 0.6 is 0 Å². The van der Waals surface area contributed by atoms with Gasteiger partial charge in [-0.25, -0.2) is 19.9 Å². The number of furan rings is 1. The van der Waals surface area contributed by atoms with Gasteiger partial charge in [-0.05, 0) is 56.6 Å². The normalized spacial score (nSPS) is 11.7. The fourth-order valence-corrected chi connectivity index (χ4v) is 6.97. The average molecular weight is 627 g/mol. The van der Waals surface area contributed by atoms with Crippen molar-refractivity contribution in [3.8, 4) is 45.4 Å². The van der Waals surface area contributed by atoms with Crippen molar-refractivity contribution in [2.45, 2.75) is 0 Å². The summed E-state index contributed by atoms with van der Waals surface area (Å²) in [5.74, 6) is 1.76. The fraction of sp³-hybridized carbons (Fsp3) is 0. The summed E-state index contributed by atoms with van der Waals surface area (Å²) in [5, 5.41) is 8.71. The molecule has 5 heteroatoms. The van der Waals surface area contributed by atoms with Crippen LogP contribution < -0.4 is 0 Å². The van der Waals surface area contributed by atoms with Crippen LogP contribution in [-0.2, 0) is 0 Å². The topological polar surface area (TPSA) is 64.7 Å². The number of benzene rings is 7. The Morgan fingerprint density at radius 1 is 0.367 bits per heavy atom. The third kappa shape index (κ3) is 4.55. The van der Waals surface area contributed by atoms with Gasteiger partial charge in [-0.1, -0.05) is 133 Å². The second-order valence-electron chi connectivity index (χ2n) is 12.3. The first-order chi connectivity index (χ1) is 24.3. The summed E-state index contributed by atoms with van der Waals surface area (Å²) in [7, 11) is 0. The van der Waals surface area contributed by atoms with Crippen molar-refractivity contribution in [1.29, 1.82) is 0 Å². The Labute approximate surface area is 281 Å². The van der Waals surface area contributed by atoms with Crippen LogP contribution in [0.5, 0.6) is 0 Å². The molecule has 228 valence electrons. The second-order valence-corrected chi connectivity index (χ2v) is 12.3. The van der Waals surface area contributed by atoms with Crippen LogP contribution in [0.3, 0.4) is 0 Å². The zero-order valence-electron chi connectivity index (χ0n) is 26.2. The van der Waals surface area contributed by atoms with E-state index in [1.807, 2.05) is 66.7 Å². The summed E-state index contributed by atoms with van der Waals surface area (Å²) in [6.07, 6.45) is 0. The van der Waals surface area contributed by atoms with Gasteiger partial charge < -0.3 is 4.42 Å². The van der Waals surface area contributed by atoms with Crippen molar-refractivity contribution in [3.05, 3.63) is 158 Å². The highest BCUT2D eigenvalue weighted by Gasteiger charge is 2.22. The van der Waals surface area contributed by atoms with Crippen LogP contribution in [0.4, 0.5) is 0 Å². The highest BCUT2D eigenvalue weighted by molar-refractivity contribution is 6.17. The number of aromatic nitrogens is 4. The van der Waals surface area contributed by atoms with E-state index >= 15 is 0 Å². The lowest BCUT2D eigenvalue weighted by atomic mass is 9.94. The quantitative estimate of drug-likeness (QED) is 0.182. The number of pyridine rings is 1. The number of nitrogens with zero attached hydrogens (tertiary/aromatic N) is 4. The van der Waals surface area contributed by atoms with Gasteiger partial charge in [0.15, 0.2) is 17.5 Å². The average Bonchev–Trinajstić information content (AvgIpc) is 3.54. The summed E-state index contributed by atoms with van der Waals surface area (Å²) in [6.45, 7) is 0. The zero-order chi connectivity index (χ0) is 32.3. The lowest BCUT2D eigenvalue weighted by Gasteiger charge is -2.13. The number of rotatable bonds is 4. The molecule has 0 fully saturated rings. The van der Waals surface area contributed by atoms with Gasteiger partial charge in [-0.3, -0.25) is 0 Å².